The Labute approximate surface area is 208 Å². The quantitative estimate of drug-likeness (QED) is 0.418. The molecule has 2 unspecified atom stereocenters. The zero-order valence-electron chi connectivity index (χ0n) is 20.6. The Kier molecular flexibility index (Phi) is 6.62. The van der Waals surface area contributed by atoms with Crippen LogP contribution in [0.1, 0.15) is 48.0 Å². The number of carbonyl (C=O) groups is 1. The summed E-state index contributed by atoms with van der Waals surface area (Å²) in [5.74, 6) is 0.0420. The number of ether oxygens (including phenoxy) is 2. The molecule has 1 aliphatic rings. The van der Waals surface area contributed by atoms with Crippen LogP contribution < -0.4 is 11.1 Å². The fourth-order valence-corrected chi connectivity index (χ4v) is 4.41. The van der Waals surface area contributed by atoms with Crippen LogP contribution in [-0.2, 0) is 14.3 Å². The van der Waals surface area contributed by atoms with E-state index in [0.29, 0.717) is 34.8 Å². The van der Waals surface area contributed by atoms with E-state index in [1.165, 1.54) is 6.33 Å². The number of aryl methyl sites for hydroxylation is 3. The Bertz CT molecular complexity index is 1410. The number of nitrogens with two attached hydrogens (primary N) is 1. The molecule has 36 heavy (non-hydrogen) atoms. The topological polar surface area (TPSA) is 130 Å². The average Bonchev–Trinajstić information content (AvgIpc) is 3.20. The van der Waals surface area contributed by atoms with E-state index in [-0.39, 0.29) is 5.91 Å². The second kappa shape index (κ2) is 10.00. The Morgan fingerprint density at radius 1 is 1.19 bits per heavy atom. The molecule has 0 saturated carbocycles. The molecule has 10 nitrogen and oxygen atoms in total. The first-order valence-corrected chi connectivity index (χ1v) is 12.0. The number of pyridine rings is 1. The maximum absolute atomic E-state index is 13.4. The van der Waals surface area contributed by atoms with E-state index in [2.05, 4.69) is 25.4 Å². The number of benzene rings is 1. The molecule has 0 aliphatic carbocycles. The third-order valence-electron chi connectivity index (χ3n) is 6.19. The molecule has 0 bridgehead atoms. The minimum atomic E-state index is -0.900. The molecule has 10 heteroatoms. The van der Waals surface area contributed by atoms with Crippen LogP contribution in [0.2, 0.25) is 0 Å². The van der Waals surface area contributed by atoms with Crippen molar-refractivity contribution in [3.05, 3.63) is 65.4 Å². The van der Waals surface area contributed by atoms with Crippen molar-refractivity contribution in [1.82, 2.24) is 24.7 Å². The van der Waals surface area contributed by atoms with Crippen molar-refractivity contribution in [1.29, 1.82) is 0 Å². The van der Waals surface area contributed by atoms with E-state index in [4.69, 9.17) is 15.2 Å². The number of amides is 1. The molecule has 5 rings (SSSR count). The summed E-state index contributed by atoms with van der Waals surface area (Å²) in [6, 6.07) is 11.1. The van der Waals surface area contributed by atoms with Gasteiger partial charge < -0.3 is 20.5 Å². The van der Waals surface area contributed by atoms with Gasteiger partial charge in [0.15, 0.2) is 18.2 Å². The van der Waals surface area contributed by atoms with Crippen molar-refractivity contribution in [2.75, 3.05) is 17.7 Å². The van der Waals surface area contributed by atoms with Gasteiger partial charge in [0, 0.05) is 18.0 Å². The van der Waals surface area contributed by atoms with E-state index in [1.54, 1.807) is 10.7 Å². The maximum Gasteiger partial charge on any atom is 0.259 e. The predicted octanol–water partition coefficient (Wildman–Crippen LogP) is 3.94. The van der Waals surface area contributed by atoms with Crippen molar-refractivity contribution in [3.63, 3.8) is 0 Å². The number of fused-ring (bicyclic) bond motifs is 1. The van der Waals surface area contributed by atoms with E-state index in [9.17, 15) is 4.79 Å². The summed E-state index contributed by atoms with van der Waals surface area (Å²) in [5.41, 5.74) is 11.9. The highest BCUT2D eigenvalue weighted by Gasteiger charge is 2.28. The molecular weight excluding hydrogens is 458 g/mol. The van der Waals surface area contributed by atoms with Crippen LogP contribution in [0.25, 0.3) is 16.7 Å². The van der Waals surface area contributed by atoms with Crippen LogP contribution in [0.15, 0.2) is 42.7 Å². The Balaban J connectivity index is 1.42. The lowest BCUT2D eigenvalue weighted by molar-refractivity contribution is -0.192. The summed E-state index contributed by atoms with van der Waals surface area (Å²) >= 11 is 0. The summed E-state index contributed by atoms with van der Waals surface area (Å²) in [6.07, 6.45) is 2.83. The van der Waals surface area contributed by atoms with Crippen molar-refractivity contribution in [3.8, 4) is 5.69 Å². The molecule has 3 N–H and O–H groups in total. The SMILES string of the molecule is Cc1cccc(C(OC2CCCCO2)C(=O)Nc2ccc(-n3nc(C)c4ncnc(N)c43)c(C)c2)n1. The number of carbonyl (C=O) groups excluding carboxylic acids is 1. The van der Waals surface area contributed by atoms with Gasteiger partial charge in [-0.05, 0) is 75.9 Å². The third kappa shape index (κ3) is 4.77. The number of nitrogen functional groups attached to an aromatic ring is 1. The first-order chi connectivity index (χ1) is 17.4. The lowest BCUT2D eigenvalue weighted by Crippen LogP contribution is -2.31. The van der Waals surface area contributed by atoms with E-state index < -0.39 is 12.4 Å². The lowest BCUT2D eigenvalue weighted by atomic mass is 10.1. The second-order valence-electron chi connectivity index (χ2n) is 8.96. The Morgan fingerprint density at radius 3 is 2.81 bits per heavy atom. The Hall–Kier alpha value is -3.89. The fraction of sp³-hybridized carbons (Fsp3) is 0.346. The summed E-state index contributed by atoms with van der Waals surface area (Å²) in [4.78, 5) is 26.4. The van der Waals surface area contributed by atoms with Gasteiger partial charge in [-0.2, -0.15) is 5.10 Å². The highest BCUT2D eigenvalue weighted by atomic mass is 16.7. The second-order valence-corrected chi connectivity index (χ2v) is 8.96. The van der Waals surface area contributed by atoms with Gasteiger partial charge in [-0.1, -0.05) is 6.07 Å². The van der Waals surface area contributed by atoms with Crippen molar-refractivity contribution in [2.24, 2.45) is 0 Å². The highest BCUT2D eigenvalue weighted by molar-refractivity contribution is 5.95. The van der Waals surface area contributed by atoms with E-state index in [0.717, 1.165) is 41.9 Å². The molecule has 1 fully saturated rings. The first kappa shape index (κ1) is 23.8. The average molecular weight is 488 g/mol. The zero-order valence-corrected chi connectivity index (χ0v) is 20.6. The largest absolute Gasteiger partial charge is 0.382 e. The van der Waals surface area contributed by atoms with E-state index >= 15 is 0 Å². The third-order valence-corrected chi connectivity index (χ3v) is 6.19. The van der Waals surface area contributed by atoms with Gasteiger partial charge in [-0.25, -0.2) is 14.6 Å². The van der Waals surface area contributed by atoms with Gasteiger partial charge in [-0.3, -0.25) is 9.78 Å². The van der Waals surface area contributed by atoms with E-state index in [1.807, 2.05) is 51.1 Å². The molecule has 1 aromatic carbocycles. The maximum atomic E-state index is 13.4. The van der Waals surface area contributed by atoms with Crippen LogP contribution in [0.3, 0.4) is 0 Å². The summed E-state index contributed by atoms with van der Waals surface area (Å²) in [7, 11) is 0. The van der Waals surface area contributed by atoms with Crippen LogP contribution in [-0.4, -0.2) is 43.5 Å². The molecule has 3 aromatic heterocycles. The number of rotatable bonds is 6. The molecule has 2 atom stereocenters. The summed E-state index contributed by atoms with van der Waals surface area (Å²) in [5, 5.41) is 7.60. The van der Waals surface area contributed by atoms with Crippen LogP contribution in [0.4, 0.5) is 11.5 Å². The normalized spacial score (nSPS) is 16.7. The van der Waals surface area contributed by atoms with Crippen molar-refractivity contribution >= 4 is 28.4 Å². The molecule has 186 valence electrons. The standard InChI is InChI=1S/C26H29N7O3/c1-15-13-18(10-11-20(15)33-23-22(17(3)32-33)28-14-29-25(23)27)31-26(34)24(19-8-6-7-16(2)30-19)36-21-9-4-5-12-35-21/h6-8,10-11,13-14,21,24H,4-5,9,12H2,1-3H3,(H,31,34)(H2,27,28,29). The fourth-order valence-electron chi connectivity index (χ4n) is 4.41. The van der Waals surface area contributed by atoms with Crippen molar-refractivity contribution in [2.45, 2.75) is 52.4 Å². The molecule has 4 aromatic rings. The minimum absolute atomic E-state index is 0.313. The summed E-state index contributed by atoms with van der Waals surface area (Å²) < 4.78 is 13.6. The molecule has 1 aliphatic heterocycles. The molecular formula is C26H29N7O3. The summed E-state index contributed by atoms with van der Waals surface area (Å²) in [6.45, 7) is 6.33. The number of nitrogens with one attached hydrogen (secondary N) is 1. The minimum Gasteiger partial charge on any atom is -0.382 e. The van der Waals surface area contributed by atoms with Crippen LogP contribution >= 0.6 is 0 Å². The molecule has 1 saturated heterocycles. The van der Waals surface area contributed by atoms with Crippen LogP contribution in [0.5, 0.6) is 0 Å². The first-order valence-electron chi connectivity index (χ1n) is 12.0. The molecule has 4 heterocycles. The molecule has 0 radical (unpaired) electrons. The number of anilines is 2. The number of hydrogen-bond donors (Lipinski definition) is 2. The van der Waals surface area contributed by atoms with Gasteiger partial charge in [0.25, 0.3) is 5.91 Å². The van der Waals surface area contributed by atoms with Gasteiger partial charge in [0.05, 0.1) is 17.1 Å². The number of aromatic nitrogens is 5. The lowest BCUT2D eigenvalue weighted by Gasteiger charge is -2.27. The molecule has 0 spiro atoms. The van der Waals surface area contributed by atoms with Gasteiger partial charge in [-0.15, -0.1) is 0 Å². The van der Waals surface area contributed by atoms with Crippen molar-refractivity contribution < 1.29 is 14.3 Å². The zero-order chi connectivity index (χ0) is 25.2. The van der Waals surface area contributed by atoms with Gasteiger partial charge in [0.2, 0.25) is 0 Å². The predicted molar refractivity (Wildman–Crippen MR) is 136 cm³/mol. The monoisotopic (exact) mass is 487 g/mol. The number of hydrogen-bond acceptors (Lipinski definition) is 8. The molecule has 1 amide bonds. The van der Waals surface area contributed by atoms with Gasteiger partial charge >= 0.3 is 0 Å². The van der Waals surface area contributed by atoms with Crippen LogP contribution in [0, 0.1) is 20.8 Å². The highest BCUT2D eigenvalue weighted by Crippen LogP contribution is 2.28. The van der Waals surface area contributed by atoms with Gasteiger partial charge in [0.1, 0.15) is 17.4 Å². The smallest absolute Gasteiger partial charge is 0.259 e. The Morgan fingerprint density at radius 2 is 2.06 bits per heavy atom. The number of nitrogens with zero attached hydrogens (tertiary/aromatic N) is 5.